The first kappa shape index (κ1) is 19.8. The van der Waals surface area contributed by atoms with Crippen LogP contribution in [0.2, 0.25) is 0 Å². The monoisotopic (exact) mass is 377 g/mol. The summed E-state index contributed by atoms with van der Waals surface area (Å²) in [6, 6.07) is 12.0. The van der Waals surface area contributed by atoms with Crippen LogP contribution >= 0.6 is 0 Å². The van der Waals surface area contributed by atoms with Gasteiger partial charge in [0.2, 0.25) is 5.91 Å². The van der Waals surface area contributed by atoms with Crippen molar-refractivity contribution in [2.45, 2.75) is 46.5 Å². The molecule has 1 aliphatic rings. The van der Waals surface area contributed by atoms with Crippen LogP contribution in [0.3, 0.4) is 0 Å². The summed E-state index contributed by atoms with van der Waals surface area (Å²) in [6.45, 7) is 8.60. The van der Waals surface area contributed by atoms with Gasteiger partial charge in [0.1, 0.15) is 11.2 Å². The Kier molecular flexibility index (Phi) is 5.64. The number of likely N-dealkylation sites (tertiary alicyclic amines) is 1. The number of nitriles is 1. The second-order valence-corrected chi connectivity index (χ2v) is 8.04. The predicted octanol–water partition coefficient (Wildman–Crippen LogP) is 4.09. The van der Waals surface area contributed by atoms with E-state index >= 15 is 0 Å². The molecule has 1 N–H and O–H groups in total. The molecule has 3 heterocycles. The molecule has 0 spiro atoms. The number of pyridine rings is 2. The lowest BCUT2D eigenvalue weighted by Gasteiger charge is -2.35. The summed E-state index contributed by atoms with van der Waals surface area (Å²) in [6.07, 6.45) is 1.89. The van der Waals surface area contributed by atoms with E-state index in [0.717, 1.165) is 41.4 Å². The lowest BCUT2D eigenvalue weighted by Crippen LogP contribution is -2.45. The number of carbonyl (C=O) groups excluding carboxylic acids is 1. The fourth-order valence-corrected chi connectivity index (χ4v) is 3.58. The van der Waals surface area contributed by atoms with Gasteiger partial charge in [-0.25, -0.2) is 4.98 Å². The third-order valence-corrected chi connectivity index (χ3v) is 5.08. The molecule has 0 aromatic carbocycles. The van der Waals surface area contributed by atoms with Gasteiger partial charge in [0.15, 0.2) is 0 Å². The quantitative estimate of drug-likeness (QED) is 0.868. The lowest BCUT2D eigenvalue weighted by atomic mass is 9.89. The zero-order valence-electron chi connectivity index (χ0n) is 17.0. The Labute approximate surface area is 166 Å². The van der Waals surface area contributed by atoms with Crippen molar-refractivity contribution in [2.24, 2.45) is 5.41 Å². The van der Waals surface area contributed by atoms with Crippen molar-refractivity contribution in [1.29, 1.82) is 5.26 Å². The number of anilines is 2. The summed E-state index contributed by atoms with van der Waals surface area (Å²) < 4.78 is 0. The molecule has 28 heavy (non-hydrogen) atoms. The lowest BCUT2D eigenvalue weighted by molar-refractivity contribution is -0.138. The van der Waals surface area contributed by atoms with Crippen molar-refractivity contribution in [1.82, 2.24) is 14.9 Å². The molecule has 1 atom stereocenters. The minimum absolute atomic E-state index is 0.102. The van der Waals surface area contributed by atoms with Crippen LogP contribution < -0.4 is 5.32 Å². The first-order valence-electron chi connectivity index (χ1n) is 9.68. The highest BCUT2D eigenvalue weighted by Crippen LogP contribution is 2.30. The average Bonchev–Trinajstić information content (AvgIpc) is 2.67. The molecule has 0 saturated carbocycles. The second-order valence-electron chi connectivity index (χ2n) is 8.04. The standard InChI is InChI=1S/C22H27N5O/c1-15-7-5-9-20(25-15)26-18-11-16(2)24-19(12-18)17-8-6-10-27(13-17)21(28)22(3,4)14-23/h5,7,9,11-12,17H,6,8,10,13H2,1-4H3,(H,24,25,26). The molecule has 3 rings (SSSR count). The normalized spacial score (nSPS) is 17.1. The number of hydrogen-bond donors (Lipinski definition) is 1. The summed E-state index contributed by atoms with van der Waals surface area (Å²) in [4.78, 5) is 23.7. The van der Waals surface area contributed by atoms with Crippen molar-refractivity contribution in [3.63, 3.8) is 0 Å². The average molecular weight is 377 g/mol. The molecule has 0 aliphatic carbocycles. The highest BCUT2D eigenvalue weighted by Gasteiger charge is 2.35. The van der Waals surface area contributed by atoms with Gasteiger partial charge in [-0.1, -0.05) is 6.07 Å². The zero-order chi connectivity index (χ0) is 20.3. The number of aryl methyl sites for hydroxylation is 2. The van der Waals surface area contributed by atoms with Gasteiger partial charge in [0.25, 0.3) is 0 Å². The molecule has 6 heteroatoms. The SMILES string of the molecule is Cc1cccc(Nc2cc(C)nc(C3CCCN(C(=O)C(C)(C)C#N)C3)c2)n1. The molecule has 0 bridgehead atoms. The third kappa shape index (κ3) is 4.48. The molecular weight excluding hydrogens is 350 g/mol. The van der Waals surface area contributed by atoms with E-state index in [9.17, 15) is 10.1 Å². The van der Waals surface area contributed by atoms with Gasteiger partial charge in [-0.05, 0) is 64.8 Å². The molecular formula is C22H27N5O. The molecule has 1 unspecified atom stereocenters. The Hall–Kier alpha value is -2.94. The Morgan fingerprint density at radius 1 is 1.25 bits per heavy atom. The van der Waals surface area contributed by atoms with E-state index in [1.165, 1.54) is 0 Å². The Morgan fingerprint density at radius 2 is 2.04 bits per heavy atom. The number of nitrogens with one attached hydrogen (secondary N) is 1. The second kappa shape index (κ2) is 7.97. The summed E-state index contributed by atoms with van der Waals surface area (Å²) in [7, 11) is 0. The van der Waals surface area contributed by atoms with Gasteiger partial charge in [-0.3, -0.25) is 9.78 Å². The molecule has 1 amide bonds. The van der Waals surface area contributed by atoms with Crippen molar-refractivity contribution in [3.8, 4) is 6.07 Å². The maximum atomic E-state index is 12.7. The van der Waals surface area contributed by atoms with Gasteiger partial charge < -0.3 is 10.2 Å². The van der Waals surface area contributed by atoms with Crippen LogP contribution in [-0.2, 0) is 4.79 Å². The zero-order valence-corrected chi connectivity index (χ0v) is 17.0. The Bertz CT molecular complexity index is 915. The fourth-order valence-electron chi connectivity index (χ4n) is 3.58. The molecule has 1 saturated heterocycles. The van der Waals surface area contributed by atoms with Crippen molar-refractivity contribution >= 4 is 17.4 Å². The van der Waals surface area contributed by atoms with Gasteiger partial charge >= 0.3 is 0 Å². The summed E-state index contributed by atoms with van der Waals surface area (Å²) in [5.74, 6) is 0.862. The number of piperidine rings is 1. The molecule has 2 aromatic heterocycles. The minimum atomic E-state index is -0.995. The van der Waals surface area contributed by atoms with E-state index in [0.29, 0.717) is 13.1 Å². The van der Waals surface area contributed by atoms with Crippen molar-refractivity contribution in [3.05, 3.63) is 47.4 Å². The highest BCUT2D eigenvalue weighted by molar-refractivity contribution is 5.84. The van der Waals surface area contributed by atoms with Crippen LogP contribution in [0.4, 0.5) is 11.5 Å². The third-order valence-electron chi connectivity index (χ3n) is 5.08. The van der Waals surface area contributed by atoms with E-state index in [-0.39, 0.29) is 11.8 Å². The molecule has 1 aliphatic heterocycles. The van der Waals surface area contributed by atoms with Crippen LogP contribution in [0.1, 0.15) is 49.7 Å². The van der Waals surface area contributed by atoms with Crippen LogP contribution in [-0.4, -0.2) is 33.9 Å². The van der Waals surface area contributed by atoms with E-state index in [4.69, 9.17) is 4.98 Å². The van der Waals surface area contributed by atoms with Crippen molar-refractivity contribution in [2.75, 3.05) is 18.4 Å². The molecule has 6 nitrogen and oxygen atoms in total. The molecule has 1 fully saturated rings. The minimum Gasteiger partial charge on any atom is -0.341 e. The van der Waals surface area contributed by atoms with Crippen molar-refractivity contribution < 1.29 is 4.79 Å². The van der Waals surface area contributed by atoms with Crippen LogP contribution in [0, 0.1) is 30.6 Å². The van der Waals surface area contributed by atoms with E-state index < -0.39 is 5.41 Å². The predicted molar refractivity (Wildman–Crippen MR) is 109 cm³/mol. The van der Waals surface area contributed by atoms with Crippen LogP contribution in [0.25, 0.3) is 0 Å². The number of hydrogen-bond acceptors (Lipinski definition) is 5. The smallest absolute Gasteiger partial charge is 0.242 e. The summed E-state index contributed by atoms with van der Waals surface area (Å²) in [5, 5.41) is 12.6. The molecule has 0 radical (unpaired) electrons. The van der Waals surface area contributed by atoms with Gasteiger partial charge in [-0.2, -0.15) is 5.26 Å². The fraction of sp³-hybridized carbons (Fsp3) is 0.455. The van der Waals surface area contributed by atoms with Gasteiger partial charge in [-0.15, -0.1) is 0 Å². The number of amides is 1. The largest absolute Gasteiger partial charge is 0.341 e. The maximum absolute atomic E-state index is 12.7. The first-order chi connectivity index (χ1) is 13.3. The van der Waals surface area contributed by atoms with E-state index in [1.54, 1.807) is 13.8 Å². The summed E-state index contributed by atoms with van der Waals surface area (Å²) >= 11 is 0. The van der Waals surface area contributed by atoms with Gasteiger partial charge in [0.05, 0.1) is 6.07 Å². The highest BCUT2D eigenvalue weighted by atomic mass is 16.2. The van der Waals surface area contributed by atoms with E-state index in [1.807, 2.05) is 49.1 Å². The number of nitrogens with zero attached hydrogens (tertiary/aromatic N) is 4. The van der Waals surface area contributed by atoms with Gasteiger partial charge in [0, 0.05) is 41.8 Å². The Balaban J connectivity index is 1.80. The maximum Gasteiger partial charge on any atom is 0.242 e. The molecule has 146 valence electrons. The molecule has 2 aromatic rings. The first-order valence-corrected chi connectivity index (χ1v) is 9.68. The number of rotatable bonds is 4. The van der Waals surface area contributed by atoms with Crippen LogP contribution in [0.15, 0.2) is 30.3 Å². The summed E-state index contributed by atoms with van der Waals surface area (Å²) in [5.41, 5.74) is 2.81. The van der Waals surface area contributed by atoms with E-state index in [2.05, 4.69) is 16.4 Å². The Morgan fingerprint density at radius 3 is 2.75 bits per heavy atom. The van der Waals surface area contributed by atoms with Crippen LogP contribution in [0.5, 0.6) is 0 Å². The topological polar surface area (TPSA) is 81.9 Å². The number of carbonyl (C=O) groups is 1. The number of aromatic nitrogens is 2.